The number of aliphatic hydroxyl groups excluding tert-OH is 1. The molecule has 0 radical (unpaired) electrons. The van der Waals surface area contributed by atoms with E-state index in [1.165, 1.54) is 18.9 Å². The topological polar surface area (TPSA) is 59.4 Å². The third-order valence-corrected chi connectivity index (χ3v) is 3.21. The Balaban J connectivity index is 2.82. The first kappa shape index (κ1) is 13.0. The van der Waals surface area contributed by atoms with E-state index in [2.05, 4.69) is 9.72 Å². The maximum absolute atomic E-state index is 11.4. The van der Waals surface area contributed by atoms with Crippen LogP contribution in [0.2, 0.25) is 0 Å². The van der Waals surface area contributed by atoms with Gasteiger partial charge in [0.1, 0.15) is 5.03 Å². The second-order valence-electron chi connectivity index (χ2n) is 3.29. The molecule has 0 aliphatic rings. The van der Waals surface area contributed by atoms with Crippen molar-refractivity contribution in [1.82, 2.24) is 4.98 Å². The molecule has 5 heteroatoms. The summed E-state index contributed by atoms with van der Waals surface area (Å²) in [6.07, 6.45) is 2.31. The highest BCUT2D eigenvalue weighted by Gasteiger charge is 2.15. The Morgan fingerprint density at radius 3 is 3.06 bits per heavy atom. The van der Waals surface area contributed by atoms with Crippen LogP contribution >= 0.6 is 11.8 Å². The van der Waals surface area contributed by atoms with Crippen LogP contribution in [0.5, 0.6) is 0 Å². The van der Waals surface area contributed by atoms with Crippen LogP contribution in [0.15, 0.2) is 23.4 Å². The van der Waals surface area contributed by atoms with Crippen LogP contribution in [0, 0.1) is 0 Å². The summed E-state index contributed by atoms with van der Waals surface area (Å²) in [5.41, 5.74) is 0.472. The number of rotatable bonds is 5. The molecule has 0 saturated carbocycles. The van der Waals surface area contributed by atoms with E-state index >= 15 is 0 Å². The van der Waals surface area contributed by atoms with E-state index in [9.17, 15) is 4.79 Å². The molecule has 0 amide bonds. The summed E-state index contributed by atoms with van der Waals surface area (Å²) in [5.74, 6) is -0.383. The molecule has 88 valence electrons. The number of pyridine rings is 1. The van der Waals surface area contributed by atoms with E-state index in [0.29, 0.717) is 17.0 Å². The molecule has 1 aromatic heterocycles. The Morgan fingerprint density at radius 2 is 2.44 bits per heavy atom. The number of nitrogens with zero attached hydrogens (tertiary/aromatic N) is 1. The van der Waals surface area contributed by atoms with E-state index in [-0.39, 0.29) is 17.8 Å². The van der Waals surface area contributed by atoms with Crippen LogP contribution in [0.1, 0.15) is 23.7 Å². The van der Waals surface area contributed by atoms with Crippen molar-refractivity contribution in [2.24, 2.45) is 0 Å². The first-order chi connectivity index (χ1) is 7.69. The lowest BCUT2D eigenvalue weighted by molar-refractivity contribution is 0.0596. The average molecular weight is 241 g/mol. The highest BCUT2D eigenvalue weighted by atomic mass is 32.2. The minimum Gasteiger partial charge on any atom is -0.465 e. The van der Waals surface area contributed by atoms with E-state index in [0.717, 1.165) is 0 Å². The van der Waals surface area contributed by atoms with Gasteiger partial charge in [0.15, 0.2) is 0 Å². The number of thioether (sulfide) groups is 1. The van der Waals surface area contributed by atoms with Crippen molar-refractivity contribution >= 4 is 17.7 Å². The Morgan fingerprint density at radius 1 is 1.69 bits per heavy atom. The highest BCUT2D eigenvalue weighted by Crippen LogP contribution is 2.26. The van der Waals surface area contributed by atoms with Crippen molar-refractivity contribution in [3.05, 3.63) is 23.9 Å². The third-order valence-electron chi connectivity index (χ3n) is 2.02. The quantitative estimate of drug-likeness (QED) is 0.628. The summed E-state index contributed by atoms with van der Waals surface area (Å²) in [6, 6.07) is 3.39. The molecule has 4 nitrogen and oxygen atoms in total. The molecule has 0 saturated heterocycles. The van der Waals surface area contributed by atoms with Gasteiger partial charge in [-0.3, -0.25) is 0 Å². The summed E-state index contributed by atoms with van der Waals surface area (Å²) in [4.78, 5) is 15.6. The molecule has 0 aliphatic heterocycles. The van der Waals surface area contributed by atoms with Crippen LogP contribution in [0.4, 0.5) is 0 Å². The molecule has 0 aromatic carbocycles. The van der Waals surface area contributed by atoms with Gasteiger partial charge < -0.3 is 9.84 Å². The van der Waals surface area contributed by atoms with Gasteiger partial charge in [0.05, 0.1) is 12.7 Å². The number of carbonyl (C=O) groups excluding carboxylic acids is 1. The van der Waals surface area contributed by atoms with Crippen molar-refractivity contribution in [2.75, 3.05) is 13.7 Å². The minimum absolute atomic E-state index is 0.133. The smallest absolute Gasteiger partial charge is 0.340 e. The first-order valence-corrected chi connectivity index (χ1v) is 5.87. The van der Waals surface area contributed by atoms with Crippen LogP contribution in [0.3, 0.4) is 0 Å². The fraction of sp³-hybridized carbons (Fsp3) is 0.455. The number of methoxy groups -OCH3 is 1. The van der Waals surface area contributed by atoms with Crippen LogP contribution < -0.4 is 0 Å². The Labute approximate surface area is 99.0 Å². The SMILES string of the molecule is COC(=O)c1cccnc1SC(C)CCO. The van der Waals surface area contributed by atoms with Gasteiger partial charge in [-0.05, 0) is 18.6 Å². The predicted octanol–water partition coefficient (Wildman–Crippen LogP) is 1.73. The number of aliphatic hydroxyl groups is 1. The van der Waals surface area contributed by atoms with Crippen LogP contribution in [-0.4, -0.2) is 35.0 Å². The number of ether oxygens (including phenoxy) is 1. The lowest BCUT2D eigenvalue weighted by atomic mass is 10.3. The summed E-state index contributed by atoms with van der Waals surface area (Å²) in [7, 11) is 1.35. The fourth-order valence-corrected chi connectivity index (χ4v) is 2.19. The molecule has 0 bridgehead atoms. The van der Waals surface area contributed by atoms with Crippen molar-refractivity contribution in [2.45, 2.75) is 23.6 Å². The van der Waals surface area contributed by atoms with Gasteiger partial charge in [-0.2, -0.15) is 0 Å². The molecule has 0 spiro atoms. The summed E-state index contributed by atoms with van der Waals surface area (Å²) in [6.45, 7) is 2.12. The van der Waals surface area contributed by atoms with Crippen molar-refractivity contribution in [3.63, 3.8) is 0 Å². The zero-order valence-electron chi connectivity index (χ0n) is 9.34. The number of esters is 1. The molecule has 0 aliphatic carbocycles. The molecule has 16 heavy (non-hydrogen) atoms. The zero-order valence-corrected chi connectivity index (χ0v) is 10.2. The predicted molar refractivity (Wildman–Crippen MR) is 62.6 cm³/mol. The fourth-order valence-electron chi connectivity index (χ4n) is 1.18. The number of aromatic nitrogens is 1. The normalized spacial score (nSPS) is 12.2. The van der Waals surface area contributed by atoms with E-state index < -0.39 is 0 Å². The number of hydrogen-bond donors (Lipinski definition) is 1. The monoisotopic (exact) mass is 241 g/mol. The number of hydrogen-bond acceptors (Lipinski definition) is 5. The summed E-state index contributed by atoms with van der Waals surface area (Å²) >= 11 is 1.47. The molecule has 0 fully saturated rings. The van der Waals surface area contributed by atoms with Gasteiger partial charge in [0.2, 0.25) is 0 Å². The lowest BCUT2D eigenvalue weighted by Crippen LogP contribution is -2.07. The van der Waals surface area contributed by atoms with Gasteiger partial charge in [0, 0.05) is 18.1 Å². The molecule has 1 rings (SSSR count). The lowest BCUT2D eigenvalue weighted by Gasteiger charge is -2.10. The van der Waals surface area contributed by atoms with Crippen LogP contribution in [-0.2, 0) is 4.74 Å². The molecular formula is C11H15NO3S. The van der Waals surface area contributed by atoms with Gasteiger partial charge in [-0.1, -0.05) is 6.92 Å². The summed E-state index contributed by atoms with van der Waals surface area (Å²) < 4.78 is 4.68. The van der Waals surface area contributed by atoms with Gasteiger partial charge >= 0.3 is 5.97 Å². The average Bonchev–Trinajstić information content (AvgIpc) is 2.29. The molecule has 1 heterocycles. The molecular weight excluding hydrogens is 226 g/mol. The second kappa shape index (κ2) is 6.50. The molecule has 1 N–H and O–H groups in total. The molecule has 1 aromatic rings. The Bertz CT molecular complexity index is 357. The maximum Gasteiger partial charge on any atom is 0.340 e. The van der Waals surface area contributed by atoms with Crippen molar-refractivity contribution < 1.29 is 14.6 Å². The van der Waals surface area contributed by atoms with E-state index in [1.54, 1.807) is 18.3 Å². The number of carbonyl (C=O) groups is 1. The third kappa shape index (κ3) is 3.50. The van der Waals surface area contributed by atoms with E-state index in [4.69, 9.17) is 5.11 Å². The first-order valence-electron chi connectivity index (χ1n) is 5.00. The van der Waals surface area contributed by atoms with Gasteiger partial charge in [0.25, 0.3) is 0 Å². The maximum atomic E-state index is 11.4. The Hall–Kier alpha value is -1.07. The second-order valence-corrected chi connectivity index (χ2v) is 4.72. The van der Waals surface area contributed by atoms with Crippen LogP contribution in [0.25, 0.3) is 0 Å². The molecule has 1 unspecified atom stereocenters. The molecule has 1 atom stereocenters. The van der Waals surface area contributed by atoms with E-state index in [1.807, 2.05) is 6.92 Å². The standard InChI is InChI=1S/C11H15NO3S/c1-8(5-7-13)16-10-9(11(14)15-2)4-3-6-12-10/h3-4,6,8,13H,5,7H2,1-2H3. The minimum atomic E-state index is -0.383. The zero-order chi connectivity index (χ0) is 12.0. The van der Waals surface area contributed by atoms with Gasteiger partial charge in [-0.15, -0.1) is 11.8 Å². The van der Waals surface area contributed by atoms with Crippen molar-refractivity contribution in [1.29, 1.82) is 0 Å². The van der Waals surface area contributed by atoms with Crippen molar-refractivity contribution in [3.8, 4) is 0 Å². The van der Waals surface area contributed by atoms with Gasteiger partial charge in [-0.25, -0.2) is 9.78 Å². The largest absolute Gasteiger partial charge is 0.465 e. The highest BCUT2D eigenvalue weighted by molar-refractivity contribution is 7.99. The Kier molecular flexibility index (Phi) is 5.28. The summed E-state index contributed by atoms with van der Waals surface area (Å²) in [5, 5.41) is 9.67.